The summed E-state index contributed by atoms with van der Waals surface area (Å²) in [4.78, 5) is 37.2. The number of hydrogen-bond acceptors (Lipinski definition) is 3. The van der Waals surface area contributed by atoms with Crippen LogP contribution in [0.5, 0.6) is 0 Å². The van der Waals surface area contributed by atoms with Crippen molar-refractivity contribution >= 4 is 23.5 Å². The molecule has 0 aromatic heterocycles. The number of imide groups is 1. The Morgan fingerprint density at radius 3 is 2.33 bits per heavy atom. The lowest BCUT2D eigenvalue weighted by molar-refractivity contribution is -0.134. The summed E-state index contributed by atoms with van der Waals surface area (Å²) in [6.45, 7) is 3.41. The van der Waals surface area contributed by atoms with E-state index in [2.05, 4.69) is 10.6 Å². The number of rotatable bonds is 5. The van der Waals surface area contributed by atoms with Crippen LogP contribution in [-0.2, 0) is 9.59 Å². The zero-order valence-electron chi connectivity index (χ0n) is 12.2. The first-order valence-electron chi connectivity index (χ1n) is 7.01. The molecule has 1 heterocycles. The summed E-state index contributed by atoms with van der Waals surface area (Å²) in [7, 11) is 0. The maximum atomic E-state index is 12.4. The van der Waals surface area contributed by atoms with Crippen molar-refractivity contribution in [1.82, 2.24) is 10.2 Å². The predicted octanol–water partition coefficient (Wildman–Crippen LogP) is 1.74. The van der Waals surface area contributed by atoms with E-state index in [9.17, 15) is 14.4 Å². The van der Waals surface area contributed by atoms with E-state index in [1.807, 2.05) is 19.9 Å². The van der Waals surface area contributed by atoms with Gasteiger partial charge in [0.05, 0.1) is 0 Å². The highest BCUT2D eigenvalue weighted by molar-refractivity contribution is 6.10. The van der Waals surface area contributed by atoms with Crippen LogP contribution < -0.4 is 10.6 Å². The molecule has 6 nitrogen and oxygen atoms in total. The number of carbonyl (C=O) groups excluding carboxylic acids is 3. The van der Waals surface area contributed by atoms with Crippen LogP contribution >= 0.6 is 0 Å². The minimum atomic E-state index is -0.871. The normalized spacial score (nSPS) is 16.8. The summed E-state index contributed by atoms with van der Waals surface area (Å²) < 4.78 is 0. The maximum Gasteiger partial charge on any atom is 0.325 e. The molecule has 112 valence electrons. The van der Waals surface area contributed by atoms with Gasteiger partial charge in [0.1, 0.15) is 12.1 Å². The fourth-order valence-corrected chi connectivity index (χ4v) is 2.41. The third-order valence-electron chi connectivity index (χ3n) is 3.81. The third kappa shape index (κ3) is 2.89. The van der Waals surface area contributed by atoms with E-state index in [0.717, 1.165) is 4.90 Å². The van der Waals surface area contributed by atoms with Crippen molar-refractivity contribution in [1.29, 1.82) is 0 Å². The number of amides is 4. The molecule has 0 unspecified atom stereocenters. The summed E-state index contributed by atoms with van der Waals surface area (Å²) >= 11 is 0. The molecule has 0 aliphatic carbocycles. The molecule has 1 aliphatic heterocycles. The van der Waals surface area contributed by atoms with Gasteiger partial charge in [0.25, 0.3) is 5.91 Å². The number of para-hydroxylation sites is 1. The zero-order chi connectivity index (χ0) is 15.5. The average Bonchev–Trinajstić information content (AvgIpc) is 2.73. The van der Waals surface area contributed by atoms with Gasteiger partial charge in [0.15, 0.2) is 0 Å². The minimum absolute atomic E-state index is 0.276. The van der Waals surface area contributed by atoms with Crippen molar-refractivity contribution in [2.24, 2.45) is 0 Å². The van der Waals surface area contributed by atoms with Crippen LogP contribution in [0.25, 0.3) is 0 Å². The number of urea groups is 1. The van der Waals surface area contributed by atoms with Gasteiger partial charge < -0.3 is 10.6 Å². The molecule has 0 spiro atoms. The fourth-order valence-electron chi connectivity index (χ4n) is 2.41. The summed E-state index contributed by atoms with van der Waals surface area (Å²) in [6.07, 6.45) is 1.01. The van der Waals surface area contributed by atoms with Gasteiger partial charge in [-0.15, -0.1) is 0 Å². The van der Waals surface area contributed by atoms with Crippen LogP contribution in [0.2, 0.25) is 0 Å². The molecule has 2 N–H and O–H groups in total. The second-order valence-corrected chi connectivity index (χ2v) is 5.02. The van der Waals surface area contributed by atoms with E-state index >= 15 is 0 Å². The standard InChI is InChI=1S/C15H19N3O3/c1-3-15(4-2)13(20)18(14(21)17-15)10-12(19)16-11-8-6-5-7-9-11/h5-9H,3-4,10H2,1-2H3,(H,16,19)(H,17,21). The molecule has 0 radical (unpaired) electrons. The van der Waals surface area contributed by atoms with E-state index in [1.165, 1.54) is 0 Å². The second kappa shape index (κ2) is 5.95. The van der Waals surface area contributed by atoms with Gasteiger partial charge in [-0.25, -0.2) is 4.79 Å². The van der Waals surface area contributed by atoms with Gasteiger partial charge >= 0.3 is 6.03 Å². The molecule has 1 aliphatic rings. The van der Waals surface area contributed by atoms with Gasteiger partial charge in [-0.2, -0.15) is 0 Å². The Balaban J connectivity index is 2.04. The zero-order valence-corrected chi connectivity index (χ0v) is 12.2. The Morgan fingerprint density at radius 1 is 1.19 bits per heavy atom. The first kappa shape index (κ1) is 15.0. The molecule has 4 amide bonds. The molecule has 0 saturated carbocycles. The van der Waals surface area contributed by atoms with Crippen LogP contribution in [-0.4, -0.2) is 34.8 Å². The van der Waals surface area contributed by atoms with Crippen LogP contribution in [0, 0.1) is 0 Å². The van der Waals surface area contributed by atoms with Crippen LogP contribution in [0.3, 0.4) is 0 Å². The monoisotopic (exact) mass is 289 g/mol. The van der Waals surface area contributed by atoms with Crippen molar-refractivity contribution in [3.63, 3.8) is 0 Å². The van der Waals surface area contributed by atoms with Crippen molar-refractivity contribution in [3.05, 3.63) is 30.3 Å². The Hall–Kier alpha value is -2.37. The smallest absolute Gasteiger partial charge is 0.325 e. The molecule has 6 heteroatoms. The lowest BCUT2D eigenvalue weighted by Crippen LogP contribution is -2.46. The molecule has 1 fully saturated rings. The number of nitrogens with zero attached hydrogens (tertiary/aromatic N) is 1. The average molecular weight is 289 g/mol. The van der Waals surface area contributed by atoms with E-state index in [4.69, 9.17) is 0 Å². The number of benzene rings is 1. The third-order valence-corrected chi connectivity index (χ3v) is 3.81. The number of anilines is 1. The van der Waals surface area contributed by atoms with Gasteiger partial charge in [-0.05, 0) is 25.0 Å². The molecular formula is C15H19N3O3. The highest BCUT2D eigenvalue weighted by Crippen LogP contribution is 2.24. The minimum Gasteiger partial charge on any atom is -0.325 e. The quantitative estimate of drug-likeness (QED) is 0.810. The largest absolute Gasteiger partial charge is 0.325 e. The summed E-state index contributed by atoms with van der Waals surface area (Å²) in [6, 6.07) is 8.40. The van der Waals surface area contributed by atoms with E-state index < -0.39 is 17.5 Å². The Bertz CT molecular complexity index is 553. The van der Waals surface area contributed by atoms with Crippen LogP contribution in [0.15, 0.2) is 30.3 Å². The molecular weight excluding hydrogens is 270 g/mol. The summed E-state index contributed by atoms with van der Waals surface area (Å²) in [5.41, 5.74) is -0.240. The van der Waals surface area contributed by atoms with Crippen LogP contribution in [0.4, 0.5) is 10.5 Å². The molecule has 0 bridgehead atoms. The molecule has 1 saturated heterocycles. The SMILES string of the molecule is CCC1(CC)NC(=O)N(CC(=O)Nc2ccccc2)C1=O. The van der Waals surface area contributed by atoms with Crippen molar-refractivity contribution in [2.75, 3.05) is 11.9 Å². The van der Waals surface area contributed by atoms with Gasteiger partial charge in [0.2, 0.25) is 5.91 Å². The van der Waals surface area contributed by atoms with Crippen molar-refractivity contribution in [2.45, 2.75) is 32.2 Å². The van der Waals surface area contributed by atoms with Gasteiger partial charge in [-0.3, -0.25) is 14.5 Å². The number of hydrogen-bond donors (Lipinski definition) is 2. The van der Waals surface area contributed by atoms with Crippen molar-refractivity contribution in [3.8, 4) is 0 Å². The Kier molecular flexibility index (Phi) is 4.26. The Labute approximate surface area is 123 Å². The fraction of sp³-hybridized carbons (Fsp3) is 0.400. The highest BCUT2D eigenvalue weighted by Gasteiger charge is 2.49. The van der Waals surface area contributed by atoms with E-state index in [0.29, 0.717) is 18.5 Å². The first-order chi connectivity index (χ1) is 10.0. The Morgan fingerprint density at radius 2 is 1.81 bits per heavy atom. The molecule has 0 atom stereocenters. The molecule has 2 rings (SSSR count). The maximum absolute atomic E-state index is 12.4. The molecule has 1 aromatic rings. The van der Waals surface area contributed by atoms with Crippen LogP contribution in [0.1, 0.15) is 26.7 Å². The lowest BCUT2D eigenvalue weighted by Gasteiger charge is -2.22. The highest BCUT2D eigenvalue weighted by atomic mass is 16.2. The summed E-state index contributed by atoms with van der Waals surface area (Å²) in [5.74, 6) is -0.728. The second-order valence-electron chi connectivity index (χ2n) is 5.02. The number of nitrogens with one attached hydrogen (secondary N) is 2. The summed E-state index contributed by atoms with van der Waals surface area (Å²) in [5, 5.41) is 5.35. The number of carbonyl (C=O) groups is 3. The van der Waals surface area contributed by atoms with Crippen molar-refractivity contribution < 1.29 is 14.4 Å². The predicted molar refractivity (Wildman–Crippen MR) is 78.6 cm³/mol. The first-order valence-corrected chi connectivity index (χ1v) is 7.01. The molecule has 1 aromatic carbocycles. The molecule has 21 heavy (non-hydrogen) atoms. The van der Waals surface area contributed by atoms with Gasteiger partial charge in [-0.1, -0.05) is 32.0 Å². The lowest BCUT2D eigenvalue weighted by atomic mass is 9.93. The van der Waals surface area contributed by atoms with Gasteiger partial charge in [0, 0.05) is 5.69 Å². The topological polar surface area (TPSA) is 78.5 Å². The van der Waals surface area contributed by atoms with E-state index in [1.54, 1.807) is 24.3 Å². The van der Waals surface area contributed by atoms with E-state index in [-0.39, 0.29) is 12.5 Å².